The SMILES string of the molecule is CCOc1cc([C@@H]2NC(=O)NC(C)=C2C(=O)OC)ccc1OC[C@@H](O)N/N=C/c1cccc(Oc2ccc([N+](=O)[O-])cc2[N+](=O)[O-])c1. The summed E-state index contributed by atoms with van der Waals surface area (Å²) in [5.74, 6) is -0.00157. The van der Waals surface area contributed by atoms with Gasteiger partial charge in [-0.2, -0.15) is 5.10 Å². The van der Waals surface area contributed by atoms with E-state index in [1.54, 1.807) is 44.2 Å². The third-order valence-electron chi connectivity index (χ3n) is 6.55. The summed E-state index contributed by atoms with van der Waals surface area (Å²) in [6.45, 7) is 3.39. The van der Waals surface area contributed by atoms with E-state index < -0.39 is 45.5 Å². The minimum Gasteiger partial charge on any atom is -0.490 e. The molecule has 2 atom stereocenters. The van der Waals surface area contributed by atoms with E-state index in [-0.39, 0.29) is 36.0 Å². The molecule has 3 aromatic rings. The molecule has 0 saturated carbocycles. The highest BCUT2D eigenvalue weighted by atomic mass is 16.6. The molecule has 0 unspecified atom stereocenters. The number of amides is 2. The van der Waals surface area contributed by atoms with Gasteiger partial charge in [-0.1, -0.05) is 18.2 Å². The maximum absolute atomic E-state index is 12.4. The number of esters is 1. The largest absolute Gasteiger partial charge is 0.490 e. The zero-order valence-electron chi connectivity index (χ0n) is 25.3. The predicted molar refractivity (Wildman–Crippen MR) is 165 cm³/mol. The fourth-order valence-corrected chi connectivity index (χ4v) is 4.45. The van der Waals surface area contributed by atoms with Gasteiger partial charge in [-0.05, 0) is 55.3 Å². The highest BCUT2D eigenvalue weighted by molar-refractivity contribution is 5.95. The van der Waals surface area contributed by atoms with E-state index in [1.807, 2.05) is 0 Å². The lowest BCUT2D eigenvalue weighted by Gasteiger charge is -2.28. The number of carbonyl (C=O) groups is 2. The monoisotopic (exact) mass is 650 g/mol. The quantitative estimate of drug-likeness (QED) is 0.0642. The van der Waals surface area contributed by atoms with Gasteiger partial charge >= 0.3 is 17.7 Å². The number of nitro groups is 2. The number of carbonyl (C=O) groups excluding carboxylic acids is 2. The number of allylic oxidation sites excluding steroid dienone is 1. The Bertz CT molecular complexity index is 1740. The Morgan fingerprint density at radius 3 is 2.53 bits per heavy atom. The Labute approximate surface area is 267 Å². The average Bonchev–Trinajstić information content (AvgIpc) is 3.03. The molecule has 0 aliphatic carbocycles. The fourth-order valence-electron chi connectivity index (χ4n) is 4.45. The molecule has 17 heteroatoms. The minimum absolute atomic E-state index is 0.184. The minimum atomic E-state index is -1.26. The summed E-state index contributed by atoms with van der Waals surface area (Å²) < 4.78 is 21.9. The van der Waals surface area contributed by atoms with Crippen molar-refractivity contribution in [1.82, 2.24) is 16.1 Å². The van der Waals surface area contributed by atoms with E-state index in [4.69, 9.17) is 18.9 Å². The normalized spacial score (nSPS) is 14.9. The lowest BCUT2D eigenvalue weighted by atomic mass is 9.95. The number of benzene rings is 3. The number of hydrazone groups is 1. The van der Waals surface area contributed by atoms with Crippen molar-refractivity contribution in [3.05, 3.63) is 103 Å². The van der Waals surface area contributed by atoms with Crippen molar-refractivity contribution in [3.8, 4) is 23.0 Å². The number of aliphatic hydroxyl groups is 1. The molecule has 4 N–H and O–H groups in total. The van der Waals surface area contributed by atoms with Gasteiger partial charge in [0.1, 0.15) is 12.4 Å². The molecular formula is C30H30N6O11. The molecule has 1 aliphatic heterocycles. The number of nitrogens with zero attached hydrogens (tertiary/aromatic N) is 3. The molecule has 246 valence electrons. The number of nitrogens with one attached hydrogen (secondary N) is 3. The van der Waals surface area contributed by atoms with E-state index in [9.17, 15) is 34.9 Å². The van der Waals surface area contributed by atoms with Gasteiger partial charge in [0.05, 0.1) is 47.5 Å². The van der Waals surface area contributed by atoms with Crippen LogP contribution in [0.15, 0.2) is 77.0 Å². The summed E-state index contributed by atoms with van der Waals surface area (Å²) in [5, 5.41) is 42.0. The molecule has 2 amide bonds. The van der Waals surface area contributed by atoms with Crippen LogP contribution in [-0.2, 0) is 9.53 Å². The Kier molecular flexibility index (Phi) is 10.9. The highest BCUT2D eigenvalue weighted by Gasteiger charge is 2.32. The first kappa shape index (κ1) is 33.7. The van der Waals surface area contributed by atoms with Crippen molar-refractivity contribution in [2.24, 2.45) is 5.10 Å². The van der Waals surface area contributed by atoms with Crippen LogP contribution in [0.2, 0.25) is 0 Å². The molecule has 0 bridgehead atoms. The molecule has 1 aliphatic rings. The van der Waals surface area contributed by atoms with Crippen molar-refractivity contribution in [2.75, 3.05) is 20.3 Å². The van der Waals surface area contributed by atoms with Crippen LogP contribution in [0.5, 0.6) is 23.0 Å². The van der Waals surface area contributed by atoms with Crippen LogP contribution in [0.3, 0.4) is 0 Å². The first-order valence-electron chi connectivity index (χ1n) is 13.9. The topological polar surface area (TPSA) is 226 Å². The number of hydrogen-bond acceptors (Lipinski definition) is 13. The molecule has 47 heavy (non-hydrogen) atoms. The van der Waals surface area contributed by atoms with E-state index in [1.165, 1.54) is 25.5 Å². The zero-order valence-corrected chi connectivity index (χ0v) is 25.3. The van der Waals surface area contributed by atoms with Gasteiger partial charge in [-0.25, -0.2) is 9.59 Å². The Balaban J connectivity index is 1.40. The summed E-state index contributed by atoms with van der Waals surface area (Å²) in [6, 6.07) is 12.9. The van der Waals surface area contributed by atoms with Crippen LogP contribution in [0, 0.1) is 20.2 Å². The molecule has 0 saturated heterocycles. The number of nitro benzene ring substituents is 2. The number of non-ortho nitro benzene ring substituents is 1. The fraction of sp³-hybridized carbons (Fsp3) is 0.233. The van der Waals surface area contributed by atoms with Gasteiger partial charge in [0, 0.05) is 11.8 Å². The van der Waals surface area contributed by atoms with Crippen molar-refractivity contribution < 1.29 is 43.5 Å². The third-order valence-corrected chi connectivity index (χ3v) is 6.55. The maximum atomic E-state index is 12.4. The van der Waals surface area contributed by atoms with Crippen LogP contribution in [0.4, 0.5) is 16.2 Å². The Morgan fingerprint density at radius 2 is 1.83 bits per heavy atom. The summed E-state index contributed by atoms with van der Waals surface area (Å²) in [4.78, 5) is 45.4. The number of aliphatic hydroxyl groups excluding tert-OH is 1. The molecular weight excluding hydrogens is 620 g/mol. The first-order chi connectivity index (χ1) is 22.5. The van der Waals surface area contributed by atoms with Gasteiger partial charge in [0.15, 0.2) is 17.7 Å². The lowest BCUT2D eigenvalue weighted by molar-refractivity contribution is -0.394. The molecule has 3 aromatic carbocycles. The van der Waals surface area contributed by atoms with Gasteiger partial charge in [-0.3, -0.25) is 25.7 Å². The summed E-state index contributed by atoms with van der Waals surface area (Å²) in [6.07, 6.45) is 0.102. The third kappa shape index (κ3) is 8.49. The van der Waals surface area contributed by atoms with Gasteiger partial charge in [-0.15, -0.1) is 0 Å². The maximum Gasteiger partial charge on any atom is 0.337 e. The summed E-state index contributed by atoms with van der Waals surface area (Å²) >= 11 is 0. The molecule has 0 aromatic heterocycles. The number of methoxy groups -OCH3 is 1. The predicted octanol–water partition coefficient (Wildman–Crippen LogP) is 3.82. The molecule has 0 radical (unpaired) electrons. The van der Waals surface area contributed by atoms with Crippen LogP contribution >= 0.6 is 0 Å². The van der Waals surface area contributed by atoms with Crippen molar-refractivity contribution >= 4 is 29.6 Å². The van der Waals surface area contributed by atoms with E-state index in [2.05, 4.69) is 21.2 Å². The highest BCUT2D eigenvalue weighted by Crippen LogP contribution is 2.36. The van der Waals surface area contributed by atoms with Crippen molar-refractivity contribution in [3.63, 3.8) is 0 Å². The van der Waals surface area contributed by atoms with E-state index >= 15 is 0 Å². The molecule has 1 heterocycles. The zero-order chi connectivity index (χ0) is 34.1. The van der Waals surface area contributed by atoms with Crippen LogP contribution in [-0.4, -0.2) is 59.7 Å². The van der Waals surface area contributed by atoms with Crippen LogP contribution < -0.4 is 30.3 Å². The number of urea groups is 1. The second-order valence-electron chi connectivity index (χ2n) is 9.76. The summed E-state index contributed by atoms with van der Waals surface area (Å²) in [7, 11) is 1.24. The lowest BCUT2D eigenvalue weighted by Crippen LogP contribution is -2.45. The standard InChI is InChI=1S/C30H30N6O11/c1-4-45-25-13-19(28-27(29(38)44-3)17(2)32-30(39)33-28)8-10-24(25)46-16-26(37)34-31-15-18-6-5-7-21(12-18)47-23-11-9-20(35(40)41)14-22(23)36(42)43/h5-15,26,28,34,37H,4,16H2,1-3H3,(H2,32,33,39)/b31-15+/t26-,28+/m1/s1. The molecule has 0 fully saturated rings. The van der Waals surface area contributed by atoms with Crippen molar-refractivity contribution in [1.29, 1.82) is 0 Å². The Hall–Kier alpha value is -6.23. The number of rotatable bonds is 14. The van der Waals surface area contributed by atoms with Crippen LogP contribution in [0.1, 0.15) is 31.0 Å². The second kappa shape index (κ2) is 15.2. The molecule has 17 nitrogen and oxygen atoms in total. The summed E-state index contributed by atoms with van der Waals surface area (Å²) in [5.41, 5.74) is 3.12. The second-order valence-corrected chi connectivity index (χ2v) is 9.76. The number of hydrogen-bond donors (Lipinski definition) is 4. The number of ether oxygens (including phenoxy) is 4. The molecule has 4 rings (SSSR count). The Morgan fingerprint density at radius 1 is 1.06 bits per heavy atom. The van der Waals surface area contributed by atoms with Gasteiger partial charge < -0.3 is 34.7 Å². The molecule has 0 spiro atoms. The van der Waals surface area contributed by atoms with E-state index in [0.29, 0.717) is 22.6 Å². The van der Waals surface area contributed by atoms with E-state index in [0.717, 1.165) is 18.2 Å². The van der Waals surface area contributed by atoms with Crippen LogP contribution in [0.25, 0.3) is 0 Å². The first-order valence-corrected chi connectivity index (χ1v) is 13.9. The van der Waals surface area contributed by atoms with Crippen molar-refractivity contribution in [2.45, 2.75) is 26.1 Å². The average molecular weight is 651 g/mol. The van der Waals surface area contributed by atoms with Gasteiger partial charge in [0.2, 0.25) is 5.75 Å². The smallest absolute Gasteiger partial charge is 0.337 e. The van der Waals surface area contributed by atoms with Gasteiger partial charge in [0.25, 0.3) is 5.69 Å².